The third-order valence-corrected chi connectivity index (χ3v) is 4.31. The van der Waals surface area contributed by atoms with E-state index in [9.17, 15) is 4.79 Å². The quantitative estimate of drug-likeness (QED) is 0.839. The Balaban J connectivity index is 2.24. The molecular formula is C12H10Cl2N2OS. The second-order valence-electron chi connectivity index (χ2n) is 3.78. The fraction of sp³-hybridized carbons (Fsp3) is 0.167. The van der Waals surface area contributed by atoms with E-state index in [0.717, 1.165) is 5.56 Å². The normalized spacial score (nSPS) is 10.4. The zero-order valence-electron chi connectivity index (χ0n) is 9.75. The molecule has 6 heteroatoms. The molecule has 1 amide bonds. The lowest BCUT2D eigenvalue weighted by atomic mass is 10.3. The highest BCUT2D eigenvalue weighted by Crippen LogP contribution is 2.28. The van der Waals surface area contributed by atoms with Crippen LogP contribution in [0.1, 0.15) is 20.9 Å². The van der Waals surface area contributed by atoms with Crippen LogP contribution in [0.3, 0.4) is 0 Å². The van der Waals surface area contributed by atoms with Crippen LogP contribution in [0.2, 0.25) is 10.2 Å². The molecule has 3 nitrogen and oxygen atoms in total. The van der Waals surface area contributed by atoms with Gasteiger partial charge in [0.05, 0.1) is 16.4 Å². The summed E-state index contributed by atoms with van der Waals surface area (Å²) in [5, 5.41) is 5.52. The molecule has 2 aromatic heterocycles. The van der Waals surface area contributed by atoms with Crippen molar-refractivity contribution in [2.24, 2.45) is 0 Å². The molecule has 0 aromatic carbocycles. The highest BCUT2D eigenvalue weighted by molar-refractivity contribution is 7.13. The molecule has 0 aliphatic rings. The summed E-state index contributed by atoms with van der Waals surface area (Å²) in [6.07, 6.45) is 0. The van der Waals surface area contributed by atoms with Gasteiger partial charge in [-0.1, -0.05) is 23.2 Å². The number of aryl methyl sites for hydroxylation is 2. The minimum Gasteiger partial charge on any atom is -0.320 e. The van der Waals surface area contributed by atoms with Crippen molar-refractivity contribution < 1.29 is 4.79 Å². The minimum absolute atomic E-state index is 0.231. The number of rotatable bonds is 2. The van der Waals surface area contributed by atoms with Crippen molar-refractivity contribution in [3.63, 3.8) is 0 Å². The highest BCUT2D eigenvalue weighted by Gasteiger charge is 2.15. The van der Waals surface area contributed by atoms with Crippen molar-refractivity contribution in [1.82, 2.24) is 4.98 Å². The lowest BCUT2D eigenvalue weighted by molar-refractivity contribution is 0.103. The van der Waals surface area contributed by atoms with Crippen LogP contribution in [-0.2, 0) is 0 Å². The lowest BCUT2D eigenvalue weighted by Crippen LogP contribution is -2.12. The van der Waals surface area contributed by atoms with Gasteiger partial charge in [-0.3, -0.25) is 4.79 Å². The molecule has 0 spiro atoms. The maximum Gasteiger partial charge on any atom is 0.267 e. The summed E-state index contributed by atoms with van der Waals surface area (Å²) in [5.74, 6) is -0.231. The van der Waals surface area contributed by atoms with E-state index in [-0.39, 0.29) is 5.91 Å². The van der Waals surface area contributed by atoms with Gasteiger partial charge in [-0.15, -0.1) is 11.3 Å². The van der Waals surface area contributed by atoms with Gasteiger partial charge in [0, 0.05) is 0 Å². The van der Waals surface area contributed by atoms with Crippen molar-refractivity contribution in [2.75, 3.05) is 5.32 Å². The van der Waals surface area contributed by atoms with E-state index in [2.05, 4.69) is 10.3 Å². The molecule has 2 aromatic rings. The van der Waals surface area contributed by atoms with E-state index in [1.807, 2.05) is 12.3 Å². The third-order valence-electron chi connectivity index (χ3n) is 2.41. The van der Waals surface area contributed by atoms with Crippen molar-refractivity contribution in [3.8, 4) is 0 Å². The molecule has 18 heavy (non-hydrogen) atoms. The van der Waals surface area contributed by atoms with E-state index in [1.165, 1.54) is 11.3 Å². The number of anilines is 1. The van der Waals surface area contributed by atoms with E-state index in [0.29, 0.717) is 26.4 Å². The fourth-order valence-electron chi connectivity index (χ4n) is 1.42. The van der Waals surface area contributed by atoms with Crippen LogP contribution in [0.4, 0.5) is 5.69 Å². The van der Waals surface area contributed by atoms with Crippen LogP contribution in [0.15, 0.2) is 17.5 Å². The summed E-state index contributed by atoms with van der Waals surface area (Å²) in [7, 11) is 0. The molecule has 0 bridgehead atoms. The van der Waals surface area contributed by atoms with Crippen LogP contribution < -0.4 is 5.32 Å². The second kappa shape index (κ2) is 5.26. The average Bonchev–Trinajstić information content (AvgIpc) is 2.64. The van der Waals surface area contributed by atoms with Crippen molar-refractivity contribution in [2.45, 2.75) is 13.8 Å². The predicted molar refractivity (Wildman–Crippen MR) is 76.0 cm³/mol. The fourth-order valence-corrected chi connectivity index (χ4v) is 2.79. The third kappa shape index (κ3) is 2.66. The van der Waals surface area contributed by atoms with Crippen LogP contribution in [0.5, 0.6) is 0 Å². The van der Waals surface area contributed by atoms with Gasteiger partial charge in [0.2, 0.25) is 0 Å². The molecule has 0 unspecified atom stereocenters. The van der Waals surface area contributed by atoms with E-state index in [1.54, 1.807) is 19.1 Å². The number of aromatic nitrogens is 1. The second-order valence-corrected chi connectivity index (χ2v) is 5.43. The van der Waals surface area contributed by atoms with E-state index in [4.69, 9.17) is 23.2 Å². The van der Waals surface area contributed by atoms with Gasteiger partial charge in [-0.25, -0.2) is 4.98 Å². The Labute approximate surface area is 119 Å². The van der Waals surface area contributed by atoms with Crippen molar-refractivity contribution in [1.29, 1.82) is 0 Å². The number of carbonyl (C=O) groups excluding carboxylic acids is 1. The smallest absolute Gasteiger partial charge is 0.267 e. The Morgan fingerprint density at radius 1 is 1.33 bits per heavy atom. The molecular weight excluding hydrogens is 291 g/mol. The summed E-state index contributed by atoms with van der Waals surface area (Å²) in [6, 6.07) is 3.35. The highest BCUT2D eigenvalue weighted by atomic mass is 35.5. The van der Waals surface area contributed by atoms with Gasteiger partial charge in [-0.05, 0) is 36.9 Å². The minimum atomic E-state index is -0.231. The average molecular weight is 301 g/mol. The zero-order valence-corrected chi connectivity index (χ0v) is 12.1. The molecule has 0 radical (unpaired) electrons. The lowest BCUT2D eigenvalue weighted by Gasteiger charge is -2.07. The molecule has 2 rings (SSSR count). The first-order valence-electron chi connectivity index (χ1n) is 5.17. The van der Waals surface area contributed by atoms with Crippen molar-refractivity contribution in [3.05, 3.63) is 43.8 Å². The zero-order chi connectivity index (χ0) is 13.3. The predicted octanol–water partition coefficient (Wildman–Crippen LogP) is 4.32. The van der Waals surface area contributed by atoms with Gasteiger partial charge < -0.3 is 5.32 Å². The number of halogens is 2. The van der Waals surface area contributed by atoms with E-state index >= 15 is 0 Å². The van der Waals surface area contributed by atoms with Crippen molar-refractivity contribution >= 4 is 46.1 Å². The Morgan fingerprint density at radius 2 is 2.06 bits per heavy atom. The molecule has 1 N–H and O–H groups in total. The summed E-state index contributed by atoms with van der Waals surface area (Å²) in [6.45, 7) is 3.65. The molecule has 0 aliphatic carbocycles. The molecule has 0 fully saturated rings. The number of nitrogens with zero attached hydrogens (tertiary/aromatic N) is 1. The van der Waals surface area contributed by atoms with Gasteiger partial charge in [0.25, 0.3) is 5.91 Å². The summed E-state index contributed by atoms with van der Waals surface area (Å²) in [5.41, 5.74) is 2.20. The molecule has 0 saturated carbocycles. The Kier molecular flexibility index (Phi) is 3.90. The topological polar surface area (TPSA) is 42.0 Å². The molecule has 2 heterocycles. The molecule has 94 valence electrons. The van der Waals surface area contributed by atoms with Crippen LogP contribution in [-0.4, -0.2) is 10.9 Å². The first-order valence-corrected chi connectivity index (χ1v) is 6.80. The largest absolute Gasteiger partial charge is 0.320 e. The SMILES string of the molecule is Cc1csc(C(=O)Nc2ccc(Cl)nc2C)c1Cl. The van der Waals surface area contributed by atoms with Crippen LogP contribution in [0.25, 0.3) is 0 Å². The first kappa shape index (κ1) is 13.3. The maximum atomic E-state index is 12.0. The number of amides is 1. The Morgan fingerprint density at radius 3 is 2.61 bits per heavy atom. The summed E-state index contributed by atoms with van der Waals surface area (Å²) in [4.78, 5) is 16.6. The number of thiophene rings is 1. The Hall–Kier alpha value is -1.10. The van der Waals surface area contributed by atoms with Crippen LogP contribution >= 0.6 is 34.5 Å². The number of carbonyl (C=O) groups is 1. The standard InChI is InChI=1S/C12H10Cl2N2OS/c1-6-5-18-11(10(6)14)12(17)16-8-3-4-9(13)15-7(8)2/h3-5H,1-2H3,(H,16,17). The van der Waals surface area contributed by atoms with E-state index < -0.39 is 0 Å². The molecule has 0 saturated heterocycles. The van der Waals surface area contributed by atoms with Gasteiger partial charge in [0.15, 0.2) is 0 Å². The van der Waals surface area contributed by atoms with Gasteiger partial charge in [0.1, 0.15) is 10.0 Å². The number of hydrogen-bond donors (Lipinski definition) is 1. The summed E-state index contributed by atoms with van der Waals surface area (Å²) < 4.78 is 0. The Bertz CT molecular complexity index is 610. The first-order chi connectivity index (χ1) is 8.49. The monoisotopic (exact) mass is 300 g/mol. The van der Waals surface area contributed by atoms with Crippen LogP contribution in [0, 0.1) is 13.8 Å². The molecule has 0 aliphatic heterocycles. The van der Waals surface area contributed by atoms with Gasteiger partial charge >= 0.3 is 0 Å². The van der Waals surface area contributed by atoms with Gasteiger partial charge in [-0.2, -0.15) is 0 Å². The number of pyridine rings is 1. The molecule has 0 atom stereocenters. The maximum absolute atomic E-state index is 12.0. The summed E-state index contributed by atoms with van der Waals surface area (Å²) >= 11 is 13.1. The number of hydrogen-bond acceptors (Lipinski definition) is 3. The number of nitrogens with one attached hydrogen (secondary N) is 1.